The minimum atomic E-state index is -0.591. The van der Waals surface area contributed by atoms with Crippen LogP contribution in [0.3, 0.4) is 0 Å². The van der Waals surface area contributed by atoms with Crippen LogP contribution in [0.2, 0.25) is 0 Å². The van der Waals surface area contributed by atoms with E-state index in [9.17, 15) is 14.0 Å². The Kier molecular flexibility index (Phi) is 5.89. The maximum absolute atomic E-state index is 13.2. The summed E-state index contributed by atoms with van der Waals surface area (Å²) in [4.78, 5) is 27.0. The number of halogens is 1. The summed E-state index contributed by atoms with van der Waals surface area (Å²) < 4.78 is 13.2. The van der Waals surface area contributed by atoms with Crippen LogP contribution in [0, 0.1) is 11.7 Å². The Morgan fingerprint density at radius 2 is 1.70 bits per heavy atom. The van der Waals surface area contributed by atoms with Crippen molar-refractivity contribution in [1.29, 1.82) is 0 Å². The fraction of sp³-hybridized carbons (Fsp3) is 0.364. The normalized spacial score (nSPS) is 15.7. The molecule has 2 amide bonds. The highest BCUT2D eigenvalue weighted by Crippen LogP contribution is 2.41. The van der Waals surface area contributed by atoms with E-state index in [2.05, 4.69) is 5.32 Å². The fourth-order valence-corrected chi connectivity index (χ4v) is 3.41. The van der Waals surface area contributed by atoms with Gasteiger partial charge in [-0.3, -0.25) is 9.59 Å². The van der Waals surface area contributed by atoms with Crippen molar-refractivity contribution in [3.8, 4) is 0 Å². The smallest absolute Gasteiger partial charge is 0.312 e. The second kappa shape index (κ2) is 8.33. The number of nitrogens with one attached hydrogen (secondary N) is 1. The minimum absolute atomic E-state index is 0.137. The molecule has 0 bridgehead atoms. The van der Waals surface area contributed by atoms with Crippen LogP contribution in [-0.2, 0) is 9.59 Å². The molecule has 1 saturated carbocycles. The van der Waals surface area contributed by atoms with E-state index in [0.29, 0.717) is 12.5 Å². The van der Waals surface area contributed by atoms with Crippen molar-refractivity contribution >= 4 is 11.8 Å². The number of hydrogen-bond acceptors (Lipinski definition) is 2. The summed E-state index contributed by atoms with van der Waals surface area (Å²) in [6, 6.07) is 15.3. The summed E-state index contributed by atoms with van der Waals surface area (Å²) in [7, 11) is 0. The zero-order valence-electron chi connectivity index (χ0n) is 15.7. The molecular weight excluding hydrogens is 343 g/mol. The summed E-state index contributed by atoms with van der Waals surface area (Å²) in [5, 5.41) is 2.94. The quantitative estimate of drug-likeness (QED) is 0.784. The van der Waals surface area contributed by atoms with E-state index >= 15 is 0 Å². The third-order valence-corrected chi connectivity index (χ3v) is 5.15. The summed E-state index contributed by atoms with van der Waals surface area (Å²) in [6.45, 7) is 4.07. The van der Waals surface area contributed by atoms with E-state index in [4.69, 9.17) is 0 Å². The zero-order chi connectivity index (χ0) is 19.4. The monoisotopic (exact) mass is 368 g/mol. The molecular formula is C22H25FN2O2. The first kappa shape index (κ1) is 19.1. The Bertz CT molecular complexity index is 788. The third kappa shape index (κ3) is 4.54. The number of nitrogens with zero attached hydrogens (tertiary/aromatic N) is 1. The molecule has 4 nitrogen and oxygen atoms in total. The average Bonchev–Trinajstić information content (AvgIpc) is 3.52. The highest BCUT2D eigenvalue weighted by atomic mass is 19.1. The van der Waals surface area contributed by atoms with Crippen LogP contribution in [0.1, 0.15) is 49.9 Å². The molecule has 2 aromatic rings. The van der Waals surface area contributed by atoms with Gasteiger partial charge in [0.1, 0.15) is 5.82 Å². The van der Waals surface area contributed by atoms with Crippen molar-refractivity contribution in [1.82, 2.24) is 10.2 Å². The average molecular weight is 368 g/mol. The van der Waals surface area contributed by atoms with Gasteiger partial charge >= 0.3 is 11.8 Å². The van der Waals surface area contributed by atoms with Crippen molar-refractivity contribution < 1.29 is 14.0 Å². The lowest BCUT2D eigenvalue weighted by Gasteiger charge is -2.29. The van der Waals surface area contributed by atoms with Gasteiger partial charge in [0.05, 0.1) is 12.1 Å². The lowest BCUT2D eigenvalue weighted by molar-refractivity contribution is -0.147. The molecule has 2 atom stereocenters. The van der Waals surface area contributed by atoms with Gasteiger partial charge in [0.25, 0.3) is 0 Å². The molecule has 0 saturated heterocycles. The Hall–Kier alpha value is -2.69. The molecule has 1 aliphatic rings. The maximum atomic E-state index is 13.2. The van der Waals surface area contributed by atoms with Crippen molar-refractivity contribution in [3.63, 3.8) is 0 Å². The van der Waals surface area contributed by atoms with Gasteiger partial charge in [-0.2, -0.15) is 0 Å². The maximum Gasteiger partial charge on any atom is 0.312 e. The predicted molar refractivity (Wildman–Crippen MR) is 102 cm³/mol. The summed E-state index contributed by atoms with van der Waals surface area (Å²) in [6.07, 6.45) is 2.11. The molecule has 142 valence electrons. The molecule has 27 heavy (non-hydrogen) atoms. The number of carbonyl (C=O) groups excluding carboxylic acids is 2. The SMILES string of the molecule is CCN(C(=O)C(=O)N[C@@H](c1ccccc1)C1CC1)[C@@H](C)c1ccc(F)cc1. The van der Waals surface area contributed by atoms with Gasteiger partial charge in [-0.25, -0.2) is 4.39 Å². The van der Waals surface area contributed by atoms with Gasteiger partial charge in [0.15, 0.2) is 0 Å². The molecule has 1 aliphatic carbocycles. The lowest BCUT2D eigenvalue weighted by atomic mass is 10.0. The molecule has 0 aliphatic heterocycles. The molecule has 0 heterocycles. The second-order valence-electron chi connectivity index (χ2n) is 7.02. The number of carbonyl (C=O) groups is 2. The van der Waals surface area contributed by atoms with Crippen LogP contribution >= 0.6 is 0 Å². The molecule has 3 rings (SSSR count). The molecule has 0 unspecified atom stereocenters. The standard InChI is InChI=1S/C22H25FN2O2/c1-3-25(15(2)16-11-13-19(23)14-12-16)22(27)21(26)24-20(18-9-10-18)17-7-5-4-6-8-17/h4-8,11-15,18,20H,3,9-10H2,1-2H3,(H,24,26)/t15-,20-/m0/s1. The number of likely N-dealkylation sites (N-methyl/N-ethyl adjacent to an activating group) is 1. The van der Waals surface area contributed by atoms with E-state index in [1.54, 1.807) is 12.1 Å². The molecule has 2 aromatic carbocycles. The van der Waals surface area contributed by atoms with Crippen LogP contribution < -0.4 is 5.32 Å². The Balaban J connectivity index is 1.72. The largest absolute Gasteiger partial charge is 0.341 e. The molecule has 1 fully saturated rings. The molecule has 0 radical (unpaired) electrons. The zero-order valence-corrected chi connectivity index (χ0v) is 15.7. The predicted octanol–water partition coefficient (Wildman–Crippen LogP) is 4.00. The Morgan fingerprint density at radius 1 is 1.07 bits per heavy atom. The summed E-state index contributed by atoms with van der Waals surface area (Å²) >= 11 is 0. The summed E-state index contributed by atoms with van der Waals surface area (Å²) in [5.41, 5.74) is 1.82. The lowest BCUT2D eigenvalue weighted by Crippen LogP contribution is -2.45. The van der Waals surface area contributed by atoms with Crippen LogP contribution in [0.25, 0.3) is 0 Å². The van der Waals surface area contributed by atoms with Crippen molar-refractivity contribution in [2.24, 2.45) is 5.92 Å². The van der Waals surface area contributed by atoms with Gasteiger partial charge in [0.2, 0.25) is 0 Å². The first-order chi connectivity index (χ1) is 13.0. The Labute approximate surface area is 159 Å². The fourth-order valence-electron chi connectivity index (χ4n) is 3.41. The van der Waals surface area contributed by atoms with Crippen LogP contribution in [0.15, 0.2) is 54.6 Å². The van der Waals surface area contributed by atoms with Crippen molar-refractivity contribution in [3.05, 3.63) is 71.5 Å². The second-order valence-corrected chi connectivity index (χ2v) is 7.02. The third-order valence-electron chi connectivity index (χ3n) is 5.15. The number of hydrogen-bond donors (Lipinski definition) is 1. The van der Waals surface area contributed by atoms with Crippen LogP contribution in [-0.4, -0.2) is 23.3 Å². The van der Waals surface area contributed by atoms with Crippen molar-refractivity contribution in [2.45, 2.75) is 38.8 Å². The first-order valence-electron chi connectivity index (χ1n) is 9.43. The Morgan fingerprint density at radius 3 is 2.26 bits per heavy atom. The highest BCUT2D eigenvalue weighted by molar-refractivity contribution is 6.35. The van der Waals surface area contributed by atoms with Crippen LogP contribution in [0.5, 0.6) is 0 Å². The van der Waals surface area contributed by atoms with E-state index in [1.165, 1.54) is 17.0 Å². The van der Waals surface area contributed by atoms with Crippen LogP contribution in [0.4, 0.5) is 4.39 Å². The minimum Gasteiger partial charge on any atom is -0.341 e. The molecule has 1 N–H and O–H groups in total. The van der Waals surface area contributed by atoms with Gasteiger partial charge in [-0.05, 0) is 55.9 Å². The summed E-state index contributed by atoms with van der Waals surface area (Å²) in [5.74, 6) is -1.09. The van der Waals surface area contributed by atoms with E-state index < -0.39 is 11.8 Å². The number of amides is 2. The van der Waals surface area contributed by atoms with Gasteiger partial charge in [-0.1, -0.05) is 42.5 Å². The first-order valence-corrected chi connectivity index (χ1v) is 9.43. The van der Waals surface area contributed by atoms with E-state index in [-0.39, 0.29) is 17.9 Å². The van der Waals surface area contributed by atoms with Gasteiger partial charge in [0, 0.05) is 6.54 Å². The van der Waals surface area contributed by atoms with Gasteiger partial charge < -0.3 is 10.2 Å². The topological polar surface area (TPSA) is 49.4 Å². The highest BCUT2D eigenvalue weighted by Gasteiger charge is 2.35. The van der Waals surface area contributed by atoms with E-state index in [1.807, 2.05) is 44.2 Å². The number of benzene rings is 2. The number of rotatable bonds is 6. The molecule has 5 heteroatoms. The molecule has 0 aromatic heterocycles. The van der Waals surface area contributed by atoms with Crippen molar-refractivity contribution in [2.75, 3.05) is 6.54 Å². The van der Waals surface area contributed by atoms with E-state index in [0.717, 1.165) is 24.0 Å². The van der Waals surface area contributed by atoms with Gasteiger partial charge in [-0.15, -0.1) is 0 Å². The molecule has 0 spiro atoms.